The molecule has 0 bridgehead atoms. The lowest BCUT2D eigenvalue weighted by molar-refractivity contribution is 0.102. The molecule has 30 heavy (non-hydrogen) atoms. The fraction of sp³-hybridized carbons (Fsp3) is 0.381. The summed E-state index contributed by atoms with van der Waals surface area (Å²) in [5.74, 6) is 0.260. The van der Waals surface area contributed by atoms with E-state index in [0.717, 1.165) is 18.5 Å². The van der Waals surface area contributed by atoms with Gasteiger partial charge in [0.05, 0.1) is 44.9 Å². The van der Waals surface area contributed by atoms with Gasteiger partial charge in [0.2, 0.25) is 0 Å². The van der Waals surface area contributed by atoms with Gasteiger partial charge in [-0.05, 0) is 44.4 Å². The Balaban J connectivity index is 1.63. The van der Waals surface area contributed by atoms with Gasteiger partial charge in [-0.1, -0.05) is 23.7 Å². The van der Waals surface area contributed by atoms with Crippen LogP contribution in [-0.4, -0.2) is 40.6 Å². The van der Waals surface area contributed by atoms with Crippen LogP contribution < -0.4 is 5.32 Å². The second kappa shape index (κ2) is 7.06. The Morgan fingerprint density at radius 3 is 2.67 bits per heavy atom. The predicted molar refractivity (Wildman–Crippen MR) is 116 cm³/mol. The van der Waals surface area contributed by atoms with Crippen LogP contribution >= 0.6 is 11.6 Å². The van der Waals surface area contributed by atoms with E-state index in [4.69, 9.17) is 16.6 Å². The molecule has 0 spiro atoms. The van der Waals surface area contributed by atoms with Crippen LogP contribution in [0.3, 0.4) is 0 Å². The molecule has 1 aliphatic heterocycles. The molecule has 1 aliphatic carbocycles. The summed E-state index contributed by atoms with van der Waals surface area (Å²) in [6, 6.07) is 8.67. The number of carbonyl (C=O) groups excluding carboxylic acids is 1. The Bertz CT molecular complexity index is 1280. The van der Waals surface area contributed by atoms with Crippen molar-refractivity contribution in [3.05, 3.63) is 52.3 Å². The minimum Gasteiger partial charge on any atom is -0.321 e. The fourth-order valence-corrected chi connectivity index (χ4v) is 5.95. The first kappa shape index (κ1) is 19.5. The first-order valence-corrected chi connectivity index (χ1v) is 12.2. The number of sulfone groups is 1. The zero-order valence-electron chi connectivity index (χ0n) is 16.4. The topological polar surface area (TPSA) is 93.9 Å². The summed E-state index contributed by atoms with van der Waals surface area (Å²) >= 11 is 6.21. The number of para-hydroxylation sites is 1. The number of nitrogens with one attached hydrogen (secondary N) is 1. The van der Waals surface area contributed by atoms with E-state index in [-0.39, 0.29) is 23.5 Å². The van der Waals surface area contributed by atoms with E-state index in [9.17, 15) is 13.2 Å². The van der Waals surface area contributed by atoms with Gasteiger partial charge < -0.3 is 5.32 Å². The van der Waals surface area contributed by atoms with Gasteiger partial charge >= 0.3 is 0 Å². The third-order valence-corrected chi connectivity index (χ3v) is 7.85. The number of hydrogen-bond acceptors (Lipinski definition) is 5. The molecule has 2 aromatic heterocycles. The van der Waals surface area contributed by atoms with Crippen molar-refractivity contribution in [2.75, 3.05) is 16.8 Å². The molecular formula is C21H21ClN4O3S. The maximum Gasteiger partial charge on any atom is 0.256 e. The van der Waals surface area contributed by atoms with E-state index < -0.39 is 9.84 Å². The first-order chi connectivity index (χ1) is 14.3. The third kappa shape index (κ3) is 3.48. The molecule has 2 fully saturated rings. The first-order valence-electron chi connectivity index (χ1n) is 9.98. The minimum absolute atomic E-state index is 0.0553. The standard InChI is InChI=1S/C21H21ClN4O3S/c1-12-19-15(21(27)24-17-5-3-2-4-16(17)22)10-18(13-6-7-13)23-20(19)26(25-12)14-8-9-30(28,29)11-14/h2-5,10,13-14H,6-9,11H2,1H3,(H,24,27). The van der Waals surface area contributed by atoms with E-state index in [1.54, 1.807) is 22.9 Å². The molecule has 1 aromatic carbocycles. The summed E-state index contributed by atoms with van der Waals surface area (Å²) in [7, 11) is -3.07. The third-order valence-electron chi connectivity index (χ3n) is 5.77. The van der Waals surface area contributed by atoms with Crippen LogP contribution in [0.4, 0.5) is 5.69 Å². The molecule has 5 rings (SSSR count). The summed E-state index contributed by atoms with van der Waals surface area (Å²) in [4.78, 5) is 18.0. The van der Waals surface area contributed by atoms with Crippen molar-refractivity contribution >= 4 is 44.1 Å². The highest BCUT2D eigenvalue weighted by Crippen LogP contribution is 2.41. The second-order valence-corrected chi connectivity index (χ2v) is 10.7. The smallest absolute Gasteiger partial charge is 0.256 e. The SMILES string of the molecule is Cc1nn(C2CCS(=O)(=O)C2)c2nc(C3CC3)cc(C(=O)Nc3ccccc3Cl)c12. The molecule has 1 unspecified atom stereocenters. The number of amides is 1. The van der Waals surface area contributed by atoms with Gasteiger partial charge in [0.1, 0.15) is 0 Å². The van der Waals surface area contributed by atoms with Crippen LogP contribution in [0.5, 0.6) is 0 Å². The Kier molecular flexibility index (Phi) is 4.59. The molecular weight excluding hydrogens is 424 g/mol. The number of benzene rings is 1. The lowest BCUT2D eigenvalue weighted by atomic mass is 10.1. The molecule has 2 aliphatic rings. The molecule has 3 aromatic rings. The lowest BCUT2D eigenvalue weighted by Crippen LogP contribution is -2.15. The molecule has 1 saturated carbocycles. The van der Waals surface area contributed by atoms with Crippen LogP contribution in [0.25, 0.3) is 11.0 Å². The molecule has 1 atom stereocenters. The van der Waals surface area contributed by atoms with E-state index in [0.29, 0.717) is 45.3 Å². The molecule has 1 amide bonds. The highest BCUT2D eigenvalue weighted by atomic mass is 35.5. The van der Waals surface area contributed by atoms with Crippen LogP contribution in [0.2, 0.25) is 5.02 Å². The highest BCUT2D eigenvalue weighted by Gasteiger charge is 2.34. The van der Waals surface area contributed by atoms with Gasteiger partial charge in [-0.25, -0.2) is 18.1 Å². The van der Waals surface area contributed by atoms with E-state index >= 15 is 0 Å². The monoisotopic (exact) mass is 444 g/mol. The van der Waals surface area contributed by atoms with Crippen molar-refractivity contribution in [1.29, 1.82) is 0 Å². The van der Waals surface area contributed by atoms with E-state index in [2.05, 4.69) is 10.4 Å². The number of carbonyl (C=O) groups is 1. The maximum absolute atomic E-state index is 13.2. The van der Waals surface area contributed by atoms with Gasteiger partial charge in [-0.3, -0.25) is 4.79 Å². The van der Waals surface area contributed by atoms with Crippen LogP contribution in [-0.2, 0) is 9.84 Å². The van der Waals surface area contributed by atoms with Gasteiger partial charge in [-0.15, -0.1) is 0 Å². The number of pyridine rings is 1. The predicted octanol–water partition coefficient (Wildman–Crippen LogP) is 3.88. The number of nitrogens with zero attached hydrogens (tertiary/aromatic N) is 3. The quantitative estimate of drug-likeness (QED) is 0.658. The molecule has 156 valence electrons. The molecule has 7 nitrogen and oxygen atoms in total. The van der Waals surface area contributed by atoms with E-state index in [1.807, 2.05) is 19.1 Å². The van der Waals surface area contributed by atoms with Crippen molar-refractivity contribution in [3.63, 3.8) is 0 Å². The minimum atomic E-state index is -3.07. The summed E-state index contributed by atoms with van der Waals surface area (Å²) in [6.07, 6.45) is 2.58. The Morgan fingerprint density at radius 2 is 2.00 bits per heavy atom. The number of rotatable bonds is 4. The fourth-order valence-electron chi connectivity index (χ4n) is 4.07. The average Bonchev–Trinajstić information content (AvgIpc) is 3.42. The molecule has 9 heteroatoms. The Morgan fingerprint density at radius 1 is 1.23 bits per heavy atom. The van der Waals surface area contributed by atoms with Gasteiger partial charge in [0.15, 0.2) is 15.5 Å². The molecule has 1 N–H and O–H groups in total. The van der Waals surface area contributed by atoms with Crippen molar-refractivity contribution in [3.8, 4) is 0 Å². The molecule has 1 saturated heterocycles. The van der Waals surface area contributed by atoms with E-state index in [1.165, 1.54) is 0 Å². The molecule has 3 heterocycles. The largest absolute Gasteiger partial charge is 0.321 e. The van der Waals surface area contributed by atoms with Gasteiger partial charge in [0.25, 0.3) is 5.91 Å². The number of halogens is 1. The van der Waals surface area contributed by atoms with Gasteiger partial charge in [-0.2, -0.15) is 5.10 Å². The van der Waals surface area contributed by atoms with Crippen LogP contribution in [0, 0.1) is 6.92 Å². The number of anilines is 1. The Hall–Kier alpha value is -2.45. The highest BCUT2D eigenvalue weighted by molar-refractivity contribution is 7.91. The summed E-state index contributed by atoms with van der Waals surface area (Å²) < 4.78 is 25.7. The second-order valence-electron chi connectivity index (χ2n) is 8.09. The van der Waals surface area contributed by atoms with Crippen LogP contribution in [0.1, 0.15) is 53.0 Å². The van der Waals surface area contributed by atoms with Crippen molar-refractivity contribution in [2.24, 2.45) is 0 Å². The summed E-state index contributed by atoms with van der Waals surface area (Å²) in [5, 5.41) is 8.62. The number of aromatic nitrogens is 3. The Labute approximate surface area is 179 Å². The lowest BCUT2D eigenvalue weighted by Gasteiger charge is -2.12. The average molecular weight is 445 g/mol. The zero-order chi connectivity index (χ0) is 21.0. The number of hydrogen-bond donors (Lipinski definition) is 1. The zero-order valence-corrected chi connectivity index (χ0v) is 18.0. The summed E-state index contributed by atoms with van der Waals surface area (Å²) in [6.45, 7) is 1.83. The summed E-state index contributed by atoms with van der Waals surface area (Å²) in [5.41, 5.74) is 3.13. The van der Waals surface area contributed by atoms with Gasteiger partial charge in [0, 0.05) is 11.6 Å². The normalized spacial score (nSPS) is 20.5. The number of fused-ring (bicyclic) bond motifs is 1. The van der Waals surface area contributed by atoms with Crippen LogP contribution in [0.15, 0.2) is 30.3 Å². The number of aryl methyl sites for hydroxylation is 1. The van der Waals surface area contributed by atoms with Crippen molar-refractivity contribution < 1.29 is 13.2 Å². The van der Waals surface area contributed by atoms with Crippen molar-refractivity contribution in [2.45, 2.75) is 38.1 Å². The molecule has 0 radical (unpaired) electrons. The maximum atomic E-state index is 13.2. The van der Waals surface area contributed by atoms with Crippen molar-refractivity contribution in [1.82, 2.24) is 14.8 Å².